The van der Waals surface area contributed by atoms with E-state index >= 15 is 0 Å². The van der Waals surface area contributed by atoms with Gasteiger partial charge in [-0.05, 0) is 19.4 Å². The summed E-state index contributed by atoms with van der Waals surface area (Å²) >= 11 is 0. The van der Waals surface area contributed by atoms with Crippen molar-refractivity contribution in [1.82, 2.24) is 0 Å². The van der Waals surface area contributed by atoms with E-state index in [1.165, 1.54) is 0 Å². The zero-order valence-electron chi connectivity index (χ0n) is 11.2. The Hall–Kier alpha value is -1.88. The number of carbonyl (C=O) groups is 2. The molecular formula is C14H19NO4. The van der Waals surface area contributed by atoms with E-state index in [0.717, 1.165) is 5.56 Å². The number of benzene rings is 1. The minimum atomic E-state index is -0.997. The zero-order chi connectivity index (χ0) is 14.3. The average Bonchev–Trinajstić information content (AvgIpc) is 2.44. The highest BCUT2D eigenvalue weighted by Gasteiger charge is 2.29. The summed E-state index contributed by atoms with van der Waals surface area (Å²) < 4.78 is 9.88. The van der Waals surface area contributed by atoms with Crippen LogP contribution in [0.1, 0.15) is 19.4 Å². The molecule has 0 aliphatic rings. The van der Waals surface area contributed by atoms with Crippen molar-refractivity contribution in [3.8, 4) is 0 Å². The molecule has 0 saturated heterocycles. The number of ether oxygens (including phenoxy) is 2. The normalized spacial score (nSPS) is 13.4. The lowest BCUT2D eigenvalue weighted by Gasteiger charge is -2.17. The van der Waals surface area contributed by atoms with Gasteiger partial charge in [-0.3, -0.25) is 9.59 Å². The summed E-state index contributed by atoms with van der Waals surface area (Å²) in [7, 11) is 0. The number of hydrogen-bond acceptors (Lipinski definition) is 5. The minimum absolute atomic E-state index is 0.166. The van der Waals surface area contributed by atoms with Gasteiger partial charge in [0.1, 0.15) is 12.6 Å². The monoisotopic (exact) mass is 265 g/mol. The van der Waals surface area contributed by atoms with E-state index in [9.17, 15) is 9.59 Å². The molecule has 5 heteroatoms. The first-order valence-corrected chi connectivity index (χ1v) is 6.19. The minimum Gasteiger partial charge on any atom is -0.465 e. The van der Waals surface area contributed by atoms with Crippen LogP contribution in [-0.4, -0.2) is 24.6 Å². The summed E-state index contributed by atoms with van der Waals surface area (Å²) in [5, 5.41) is 0. The van der Waals surface area contributed by atoms with Crippen LogP contribution in [0.25, 0.3) is 0 Å². The first kappa shape index (κ1) is 15.2. The summed E-state index contributed by atoms with van der Waals surface area (Å²) in [5.41, 5.74) is 6.52. The van der Waals surface area contributed by atoms with E-state index in [1.807, 2.05) is 30.3 Å². The van der Waals surface area contributed by atoms with Gasteiger partial charge in [0.15, 0.2) is 0 Å². The van der Waals surface area contributed by atoms with Gasteiger partial charge in [-0.1, -0.05) is 30.3 Å². The Morgan fingerprint density at radius 3 is 2.37 bits per heavy atom. The molecule has 0 aromatic heterocycles. The van der Waals surface area contributed by atoms with E-state index < -0.39 is 23.9 Å². The van der Waals surface area contributed by atoms with E-state index in [0.29, 0.717) is 0 Å². The quantitative estimate of drug-likeness (QED) is 0.783. The molecule has 0 amide bonds. The van der Waals surface area contributed by atoms with E-state index in [4.69, 9.17) is 15.2 Å². The fourth-order valence-electron chi connectivity index (χ4n) is 1.45. The highest BCUT2D eigenvalue weighted by atomic mass is 16.5. The molecule has 2 atom stereocenters. The summed E-state index contributed by atoms with van der Waals surface area (Å²) in [6, 6.07) is 8.30. The fraction of sp³-hybridized carbons (Fsp3) is 0.429. The highest BCUT2D eigenvalue weighted by Crippen LogP contribution is 2.08. The molecule has 0 heterocycles. The average molecular weight is 265 g/mol. The Balaban J connectivity index is 2.46. The molecule has 0 fully saturated rings. The predicted molar refractivity (Wildman–Crippen MR) is 70.0 cm³/mol. The van der Waals surface area contributed by atoms with Gasteiger partial charge in [0.25, 0.3) is 0 Å². The summed E-state index contributed by atoms with van der Waals surface area (Å²) in [4.78, 5) is 23.2. The van der Waals surface area contributed by atoms with Crippen LogP contribution in [0.15, 0.2) is 30.3 Å². The highest BCUT2D eigenvalue weighted by molar-refractivity contribution is 5.84. The van der Waals surface area contributed by atoms with Gasteiger partial charge < -0.3 is 15.2 Å². The molecular weight excluding hydrogens is 246 g/mol. The van der Waals surface area contributed by atoms with Crippen LogP contribution in [0, 0.1) is 5.92 Å². The maximum absolute atomic E-state index is 11.8. The fourth-order valence-corrected chi connectivity index (χ4v) is 1.45. The second kappa shape index (κ2) is 7.53. The van der Waals surface area contributed by atoms with Gasteiger partial charge in [-0.2, -0.15) is 0 Å². The van der Waals surface area contributed by atoms with E-state index in [-0.39, 0.29) is 13.2 Å². The molecule has 19 heavy (non-hydrogen) atoms. The Morgan fingerprint density at radius 1 is 1.16 bits per heavy atom. The van der Waals surface area contributed by atoms with Crippen molar-refractivity contribution in [2.45, 2.75) is 26.5 Å². The molecule has 2 N–H and O–H groups in total. The van der Waals surface area contributed by atoms with Crippen LogP contribution < -0.4 is 5.73 Å². The molecule has 0 spiro atoms. The third-order valence-electron chi connectivity index (χ3n) is 2.69. The van der Waals surface area contributed by atoms with Crippen molar-refractivity contribution in [2.24, 2.45) is 11.7 Å². The van der Waals surface area contributed by atoms with Crippen LogP contribution in [0.2, 0.25) is 0 Å². The summed E-state index contributed by atoms with van der Waals surface area (Å²) in [6.07, 6.45) is 0. The number of nitrogens with two attached hydrogens (primary N) is 1. The molecule has 104 valence electrons. The Bertz CT molecular complexity index is 419. The van der Waals surface area contributed by atoms with Gasteiger partial charge in [0, 0.05) is 0 Å². The van der Waals surface area contributed by atoms with Crippen molar-refractivity contribution in [3.63, 3.8) is 0 Å². The molecule has 0 radical (unpaired) electrons. The maximum Gasteiger partial charge on any atom is 0.323 e. The molecule has 5 nitrogen and oxygen atoms in total. The SMILES string of the molecule is CCOC(=O)C(N)C(C)C(=O)OCc1ccccc1. The lowest BCUT2D eigenvalue weighted by atomic mass is 10.0. The van der Waals surface area contributed by atoms with Gasteiger partial charge in [-0.25, -0.2) is 0 Å². The van der Waals surface area contributed by atoms with Crippen molar-refractivity contribution < 1.29 is 19.1 Å². The zero-order valence-corrected chi connectivity index (χ0v) is 11.2. The van der Waals surface area contributed by atoms with Crippen LogP contribution in [-0.2, 0) is 25.7 Å². The molecule has 0 aliphatic carbocycles. The number of carbonyl (C=O) groups excluding carboxylic acids is 2. The molecule has 0 aliphatic heterocycles. The van der Waals surface area contributed by atoms with Crippen molar-refractivity contribution >= 4 is 11.9 Å². The van der Waals surface area contributed by atoms with Gasteiger partial charge in [-0.15, -0.1) is 0 Å². The molecule has 1 aromatic carbocycles. The summed E-state index contributed by atoms with van der Waals surface area (Å²) in [5.74, 6) is -1.83. The molecule has 2 unspecified atom stereocenters. The predicted octanol–water partition coefficient (Wildman–Crippen LogP) is 1.26. The lowest BCUT2D eigenvalue weighted by molar-refractivity contribution is -0.156. The largest absolute Gasteiger partial charge is 0.465 e. The van der Waals surface area contributed by atoms with Crippen LogP contribution in [0.5, 0.6) is 0 Å². The molecule has 0 bridgehead atoms. The topological polar surface area (TPSA) is 78.6 Å². The number of esters is 2. The molecule has 0 saturated carbocycles. The van der Waals surface area contributed by atoms with Crippen LogP contribution >= 0.6 is 0 Å². The standard InChI is InChI=1S/C14H19NO4/c1-3-18-14(17)12(15)10(2)13(16)19-9-11-7-5-4-6-8-11/h4-8,10,12H,3,9,15H2,1-2H3. The van der Waals surface area contributed by atoms with Crippen molar-refractivity contribution in [3.05, 3.63) is 35.9 Å². The Labute approximate surface area is 112 Å². The van der Waals surface area contributed by atoms with Crippen LogP contribution in [0.4, 0.5) is 0 Å². The molecule has 1 aromatic rings. The number of rotatable bonds is 6. The lowest BCUT2D eigenvalue weighted by Crippen LogP contribution is -2.42. The first-order valence-electron chi connectivity index (χ1n) is 6.19. The second-order valence-electron chi connectivity index (χ2n) is 4.16. The van der Waals surface area contributed by atoms with E-state index in [2.05, 4.69) is 0 Å². The Morgan fingerprint density at radius 2 is 1.79 bits per heavy atom. The summed E-state index contributed by atoms with van der Waals surface area (Å²) in [6.45, 7) is 3.63. The smallest absolute Gasteiger partial charge is 0.323 e. The second-order valence-corrected chi connectivity index (χ2v) is 4.16. The van der Waals surface area contributed by atoms with Crippen molar-refractivity contribution in [2.75, 3.05) is 6.61 Å². The first-order chi connectivity index (χ1) is 9.06. The van der Waals surface area contributed by atoms with Gasteiger partial charge in [0.05, 0.1) is 12.5 Å². The van der Waals surface area contributed by atoms with Crippen LogP contribution in [0.3, 0.4) is 0 Å². The van der Waals surface area contributed by atoms with E-state index in [1.54, 1.807) is 13.8 Å². The maximum atomic E-state index is 11.8. The van der Waals surface area contributed by atoms with Crippen molar-refractivity contribution in [1.29, 1.82) is 0 Å². The Kier molecular flexibility index (Phi) is 6.02. The number of hydrogen-bond donors (Lipinski definition) is 1. The van der Waals surface area contributed by atoms with Gasteiger partial charge >= 0.3 is 11.9 Å². The molecule has 1 rings (SSSR count). The third kappa shape index (κ3) is 4.71. The van der Waals surface area contributed by atoms with Gasteiger partial charge in [0.2, 0.25) is 0 Å². The third-order valence-corrected chi connectivity index (χ3v) is 2.69.